The highest BCUT2D eigenvalue weighted by molar-refractivity contribution is 7.14. The third-order valence-electron chi connectivity index (χ3n) is 4.25. The zero-order valence-electron chi connectivity index (χ0n) is 15.9. The molecule has 30 heavy (non-hydrogen) atoms. The van der Waals surface area contributed by atoms with Crippen molar-refractivity contribution in [3.05, 3.63) is 64.6 Å². The van der Waals surface area contributed by atoms with Gasteiger partial charge in [-0.3, -0.25) is 9.69 Å². The number of para-hydroxylation sites is 2. The number of hydrogen-bond acceptors (Lipinski definition) is 7. The van der Waals surface area contributed by atoms with E-state index >= 15 is 0 Å². The Hall–Kier alpha value is -3.10. The quantitative estimate of drug-likeness (QED) is 0.544. The number of rotatable bonds is 5. The molecule has 0 saturated carbocycles. The summed E-state index contributed by atoms with van der Waals surface area (Å²) in [7, 11) is 0. The molecule has 3 aromatic rings. The molecule has 9 heteroatoms. The smallest absolute Gasteiger partial charge is 0.351 e. The van der Waals surface area contributed by atoms with E-state index in [2.05, 4.69) is 4.98 Å². The third kappa shape index (κ3) is 4.39. The molecule has 0 aliphatic carbocycles. The molecular formula is C21H17ClN2O5S. The Labute approximate surface area is 181 Å². The number of thiazole rings is 1. The first-order valence-corrected chi connectivity index (χ1v) is 10.3. The highest BCUT2D eigenvalue weighted by atomic mass is 35.5. The van der Waals surface area contributed by atoms with Crippen molar-refractivity contribution in [2.45, 2.75) is 19.6 Å². The summed E-state index contributed by atoms with van der Waals surface area (Å²) in [4.78, 5) is 30.4. The first-order valence-electron chi connectivity index (χ1n) is 9.07. The van der Waals surface area contributed by atoms with Crippen LogP contribution in [0.25, 0.3) is 0 Å². The van der Waals surface area contributed by atoms with Crippen LogP contribution in [0.3, 0.4) is 0 Å². The Balaban J connectivity index is 1.41. The van der Waals surface area contributed by atoms with E-state index in [1.54, 1.807) is 47.8 Å². The maximum Gasteiger partial charge on any atom is 0.351 e. The Bertz CT molecular complexity index is 1090. The fourth-order valence-corrected chi connectivity index (χ4v) is 3.94. The maximum absolute atomic E-state index is 12.4. The summed E-state index contributed by atoms with van der Waals surface area (Å²) in [6.07, 6.45) is -0.849. The van der Waals surface area contributed by atoms with Crippen LogP contribution in [0.2, 0.25) is 5.02 Å². The lowest BCUT2D eigenvalue weighted by Crippen LogP contribution is -2.37. The number of hydrogen-bond donors (Lipinski definition) is 0. The van der Waals surface area contributed by atoms with Gasteiger partial charge in [-0.05, 0) is 30.3 Å². The second kappa shape index (κ2) is 8.73. The van der Waals surface area contributed by atoms with Gasteiger partial charge in [-0.25, -0.2) is 9.78 Å². The molecule has 4 rings (SSSR count). The number of fused-ring (bicyclic) bond motifs is 1. The van der Waals surface area contributed by atoms with Crippen molar-refractivity contribution in [1.29, 1.82) is 0 Å². The Morgan fingerprint density at radius 2 is 2.03 bits per heavy atom. The van der Waals surface area contributed by atoms with Crippen molar-refractivity contribution in [3.63, 3.8) is 0 Å². The first kappa shape index (κ1) is 20.2. The minimum atomic E-state index is -0.849. The van der Waals surface area contributed by atoms with Crippen LogP contribution in [0, 0.1) is 0 Å². The summed E-state index contributed by atoms with van der Waals surface area (Å²) in [6.45, 7) is 1.48. The highest BCUT2D eigenvalue weighted by Crippen LogP contribution is 2.32. The number of esters is 1. The average Bonchev–Trinajstić information content (AvgIpc) is 3.20. The number of carbonyl (C=O) groups is 2. The Morgan fingerprint density at radius 3 is 2.80 bits per heavy atom. The van der Waals surface area contributed by atoms with Crippen LogP contribution < -0.4 is 14.4 Å². The number of aromatic nitrogens is 1. The maximum atomic E-state index is 12.4. The van der Waals surface area contributed by atoms with E-state index in [-0.39, 0.29) is 19.1 Å². The van der Waals surface area contributed by atoms with Crippen molar-refractivity contribution < 1.29 is 23.8 Å². The van der Waals surface area contributed by atoms with Gasteiger partial charge in [-0.1, -0.05) is 29.8 Å². The van der Waals surface area contributed by atoms with Crippen LogP contribution in [-0.2, 0) is 20.9 Å². The molecule has 1 aliphatic rings. The summed E-state index contributed by atoms with van der Waals surface area (Å²) < 4.78 is 16.5. The lowest BCUT2D eigenvalue weighted by Gasteiger charge is -2.24. The predicted molar refractivity (Wildman–Crippen MR) is 113 cm³/mol. The van der Waals surface area contributed by atoms with Gasteiger partial charge in [0.25, 0.3) is 0 Å². The minimum absolute atomic E-state index is 0.0435. The number of amides is 1. The summed E-state index contributed by atoms with van der Waals surface area (Å²) in [5.41, 5.74) is 1.13. The molecule has 2 heterocycles. The van der Waals surface area contributed by atoms with Gasteiger partial charge in [0.15, 0.2) is 16.6 Å². The van der Waals surface area contributed by atoms with Crippen LogP contribution in [-0.4, -0.2) is 29.6 Å². The molecule has 0 fully saturated rings. The Kier molecular flexibility index (Phi) is 5.87. The number of ether oxygens (including phenoxy) is 3. The molecule has 1 atom stereocenters. The number of halogens is 1. The standard InChI is InChI=1S/C21H17ClN2O5S/c1-13(25)24(16-6-4-5-14(22)9-16)21-23-15(12-30-21)10-28-20(26)19-11-27-17-7-2-3-8-18(17)29-19/h2-9,12,19H,10-11H2,1H3. The van der Waals surface area contributed by atoms with Crippen molar-refractivity contribution in [3.8, 4) is 11.5 Å². The highest BCUT2D eigenvalue weighted by Gasteiger charge is 2.29. The van der Waals surface area contributed by atoms with Crippen LogP contribution >= 0.6 is 22.9 Å². The van der Waals surface area contributed by atoms with E-state index in [1.807, 2.05) is 6.07 Å². The molecular weight excluding hydrogens is 428 g/mol. The molecule has 0 bridgehead atoms. The molecule has 0 radical (unpaired) electrons. The van der Waals surface area contributed by atoms with Crippen molar-refractivity contribution in [1.82, 2.24) is 4.98 Å². The number of anilines is 2. The molecule has 7 nitrogen and oxygen atoms in total. The first-order chi connectivity index (χ1) is 14.5. The van der Waals surface area contributed by atoms with E-state index < -0.39 is 12.1 Å². The average molecular weight is 445 g/mol. The van der Waals surface area contributed by atoms with E-state index in [0.29, 0.717) is 33.0 Å². The molecule has 2 aromatic carbocycles. The fourth-order valence-electron chi connectivity index (χ4n) is 2.88. The van der Waals surface area contributed by atoms with Gasteiger partial charge in [0.2, 0.25) is 12.0 Å². The van der Waals surface area contributed by atoms with E-state index in [9.17, 15) is 9.59 Å². The molecule has 0 spiro atoms. The van der Waals surface area contributed by atoms with Gasteiger partial charge >= 0.3 is 5.97 Å². The summed E-state index contributed by atoms with van der Waals surface area (Å²) in [6, 6.07) is 14.1. The largest absolute Gasteiger partial charge is 0.485 e. The summed E-state index contributed by atoms with van der Waals surface area (Å²) in [5.74, 6) is 0.343. The summed E-state index contributed by atoms with van der Waals surface area (Å²) >= 11 is 7.31. The van der Waals surface area contributed by atoms with Crippen LogP contribution in [0.15, 0.2) is 53.9 Å². The SMILES string of the molecule is CC(=O)N(c1cccc(Cl)c1)c1nc(COC(=O)C2COc3ccccc3O2)cs1. The molecule has 1 amide bonds. The van der Waals surface area contributed by atoms with Crippen LogP contribution in [0.4, 0.5) is 10.8 Å². The van der Waals surface area contributed by atoms with Gasteiger partial charge in [-0.15, -0.1) is 11.3 Å². The van der Waals surface area contributed by atoms with Gasteiger partial charge in [0.05, 0.1) is 11.4 Å². The van der Waals surface area contributed by atoms with E-state index in [1.165, 1.54) is 23.2 Å². The predicted octanol–water partition coefficient (Wildman–Crippen LogP) is 4.36. The van der Waals surface area contributed by atoms with E-state index in [0.717, 1.165) is 0 Å². The lowest BCUT2D eigenvalue weighted by atomic mass is 10.2. The zero-order chi connectivity index (χ0) is 21.1. The third-order valence-corrected chi connectivity index (χ3v) is 5.36. The van der Waals surface area contributed by atoms with Gasteiger partial charge in [-0.2, -0.15) is 0 Å². The summed E-state index contributed by atoms with van der Waals surface area (Å²) in [5, 5.41) is 2.71. The second-order valence-corrected chi connectivity index (χ2v) is 7.70. The fraction of sp³-hybridized carbons (Fsp3) is 0.190. The van der Waals surface area contributed by atoms with Crippen molar-refractivity contribution >= 4 is 45.6 Å². The number of benzene rings is 2. The van der Waals surface area contributed by atoms with E-state index in [4.69, 9.17) is 25.8 Å². The topological polar surface area (TPSA) is 78.0 Å². The van der Waals surface area contributed by atoms with Gasteiger partial charge in [0, 0.05) is 17.3 Å². The normalized spacial score (nSPS) is 14.8. The molecule has 0 saturated heterocycles. The van der Waals surface area contributed by atoms with Crippen molar-refractivity contribution in [2.24, 2.45) is 0 Å². The monoisotopic (exact) mass is 444 g/mol. The molecule has 0 N–H and O–H groups in total. The minimum Gasteiger partial charge on any atom is -0.485 e. The lowest BCUT2D eigenvalue weighted by molar-refractivity contribution is -0.156. The zero-order valence-corrected chi connectivity index (χ0v) is 17.5. The number of nitrogens with zero attached hydrogens (tertiary/aromatic N) is 2. The molecule has 1 unspecified atom stereocenters. The number of carbonyl (C=O) groups excluding carboxylic acids is 2. The second-order valence-electron chi connectivity index (χ2n) is 6.43. The van der Waals surface area contributed by atoms with Crippen LogP contribution in [0.5, 0.6) is 11.5 Å². The van der Waals surface area contributed by atoms with Gasteiger partial charge < -0.3 is 14.2 Å². The Morgan fingerprint density at radius 1 is 1.23 bits per heavy atom. The molecule has 154 valence electrons. The van der Waals surface area contributed by atoms with Crippen molar-refractivity contribution in [2.75, 3.05) is 11.5 Å². The van der Waals surface area contributed by atoms with Gasteiger partial charge in [0.1, 0.15) is 13.2 Å². The molecule has 1 aliphatic heterocycles. The van der Waals surface area contributed by atoms with Crippen LogP contribution in [0.1, 0.15) is 12.6 Å². The molecule has 1 aromatic heterocycles.